The quantitative estimate of drug-likeness (QED) is 0.502. The fraction of sp³-hybridized carbons (Fsp3) is 0.273. The second-order valence-electron chi connectivity index (χ2n) is 7.40. The number of carbonyl (C=O) groups excluding carboxylic acids is 1. The Morgan fingerprint density at radius 2 is 2.00 bits per heavy atom. The van der Waals surface area contributed by atoms with E-state index in [0.717, 1.165) is 12.1 Å². The van der Waals surface area contributed by atoms with Crippen molar-refractivity contribution in [3.63, 3.8) is 0 Å². The van der Waals surface area contributed by atoms with Crippen LogP contribution in [0.2, 0.25) is 0 Å². The standard InChI is InChI=1S/C22H22F3N3O4/c1-11-6-12(17-7-13(19(30)10-29)8-18(28-17)21(27)31)2-5-20(11)32-14-3-4-16(26)15(9-14)22(23,24)25/h2-9,11,19-20,29-30H,10,26H2,1H3,(H2,27,31)/t11?,19-,20?/m1/s1. The van der Waals surface area contributed by atoms with Crippen LogP contribution in [0.3, 0.4) is 0 Å². The van der Waals surface area contributed by atoms with Crippen molar-refractivity contribution in [1.82, 2.24) is 4.98 Å². The Labute approximate surface area is 181 Å². The first-order valence-corrected chi connectivity index (χ1v) is 9.64. The normalized spacial score (nSPS) is 19.4. The lowest BCUT2D eigenvalue weighted by molar-refractivity contribution is -0.137. The number of hydrogen-bond donors (Lipinski definition) is 4. The fourth-order valence-electron chi connectivity index (χ4n) is 3.26. The third kappa shape index (κ3) is 5.09. The van der Waals surface area contributed by atoms with Gasteiger partial charge in [0.2, 0.25) is 0 Å². The number of ether oxygens (including phenoxy) is 1. The molecule has 170 valence electrons. The molecule has 3 atom stereocenters. The lowest BCUT2D eigenvalue weighted by Crippen LogP contribution is -2.24. The number of nitrogens with two attached hydrogens (primary N) is 2. The van der Waals surface area contributed by atoms with Gasteiger partial charge in [-0.3, -0.25) is 4.79 Å². The summed E-state index contributed by atoms with van der Waals surface area (Å²) in [7, 11) is 0. The van der Waals surface area contributed by atoms with E-state index in [-0.39, 0.29) is 28.6 Å². The molecule has 6 N–H and O–H groups in total. The van der Waals surface area contributed by atoms with Gasteiger partial charge in [0.1, 0.15) is 23.7 Å². The van der Waals surface area contributed by atoms with Crippen LogP contribution in [-0.2, 0) is 6.18 Å². The van der Waals surface area contributed by atoms with Gasteiger partial charge in [-0.1, -0.05) is 19.1 Å². The van der Waals surface area contributed by atoms with Gasteiger partial charge in [0.25, 0.3) is 5.91 Å². The van der Waals surface area contributed by atoms with Crippen LogP contribution in [0.4, 0.5) is 18.9 Å². The van der Waals surface area contributed by atoms with E-state index in [1.807, 2.05) is 0 Å². The molecule has 1 aliphatic rings. The highest BCUT2D eigenvalue weighted by Crippen LogP contribution is 2.36. The predicted octanol–water partition coefficient (Wildman–Crippen LogP) is 2.84. The molecule has 0 radical (unpaired) electrons. The van der Waals surface area contributed by atoms with Gasteiger partial charge in [-0.15, -0.1) is 0 Å². The first-order valence-electron chi connectivity index (χ1n) is 9.64. The van der Waals surface area contributed by atoms with E-state index < -0.39 is 36.5 Å². The van der Waals surface area contributed by atoms with Crippen LogP contribution in [0.1, 0.15) is 40.3 Å². The van der Waals surface area contributed by atoms with Crippen molar-refractivity contribution in [1.29, 1.82) is 0 Å². The van der Waals surface area contributed by atoms with E-state index in [9.17, 15) is 28.2 Å². The summed E-state index contributed by atoms with van der Waals surface area (Å²) < 4.78 is 45.0. The highest BCUT2D eigenvalue weighted by Gasteiger charge is 2.33. The number of rotatable bonds is 6. The highest BCUT2D eigenvalue weighted by atomic mass is 19.4. The molecule has 0 spiro atoms. The third-order valence-corrected chi connectivity index (χ3v) is 4.98. The van der Waals surface area contributed by atoms with Crippen LogP contribution < -0.4 is 16.2 Å². The number of allylic oxidation sites excluding steroid dienone is 2. The van der Waals surface area contributed by atoms with Crippen molar-refractivity contribution < 1.29 is 32.9 Å². The summed E-state index contributed by atoms with van der Waals surface area (Å²) in [6.07, 6.45) is -1.30. The van der Waals surface area contributed by atoms with Crippen molar-refractivity contribution in [2.24, 2.45) is 11.7 Å². The summed E-state index contributed by atoms with van der Waals surface area (Å²) in [6.45, 7) is 1.25. The van der Waals surface area contributed by atoms with Gasteiger partial charge in [0.15, 0.2) is 0 Å². The number of carbonyl (C=O) groups is 1. The lowest BCUT2D eigenvalue weighted by Gasteiger charge is -2.25. The van der Waals surface area contributed by atoms with Crippen molar-refractivity contribution in [2.75, 3.05) is 12.3 Å². The second kappa shape index (κ2) is 9.01. The van der Waals surface area contributed by atoms with Crippen LogP contribution in [0, 0.1) is 5.92 Å². The first-order chi connectivity index (χ1) is 15.0. The van der Waals surface area contributed by atoms with Gasteiger partial charge in [0.05, 0.1) is 17.9 Å². The number of hydrogen-bond acceptors (Lipinski definition) is 6. The van der Waals surface area contributed by atoms with Crippen LogP contribution in [-0.4, -0.2) is 33.8 Å². The monoisotopic (exact) mass is 449 g/mol. The summed E-state index contributed by atoms with van der Waals surface area (Å²) in [5.41, 5.74) is 10.5. The molecule has 1 aromatic heterocycles. The van der Waals surface area contributed by atoms with Crippen molar-refractivity contribution >= 4 is 17.2 Å². The van der Waals surface area contributed by atoms with Gasteiger partial charge in [0, 0.05) is 11.6 Å². The third-order valence-electron chi connectivity index (χ3n) is 4.98. The first kappa shape index (κ1) is 23.3. The number of aliphatic hydroxyl groups excluding tert-OH is 2. The number of aromatic nitrogens is 1. The summed E-state index contributed by atoms with van der Waals surface area (Å²) in [5.74, 6) is -1.05. The van der Waals surface area contributed by atoms with E-state index in [1.54, 1.807) is 25.2 Å². The Morgan fingerprint density at radius 1 is 1.28 bits per heavy atom. The number of nitrogen functional groups attached to an aromatic ring is 1. The summed E-state index contributed by atoms with van der Waals surface area (Å²) in [4.78, 5) is 15.8. The Balaban J connectivity index is 1.85. The maximum absolute atomic E-state index is 13.1. The highest BCUT2D eigenvalue weighted by molar-refractivity contribution is 5.91. The second-order valence-corrected chi connectivity index (χ2v) is 7.40. The van der Waals surface area contributed by atoms with E-state index in [0.29, 0.717) is 11.3 Å². The molecule has 2 unspecified atom stereocenters. The van der Waals surface area contributed by atoms with Crippen LogP contribution in [0.15, 0.2) is 48.6 Å². The summed E-state index contributed by atoms with van der Waals surface area (Å²) in [6, 6.07) is 6.19. The zero-order valence-corrected chi connectivity index (χ0v) is 17.0. The van der Waals surface area contributed by atoms with Gasteiger partial charge < -0.3 is 26.4 Å². The molecule has 10 heteroatoms. The predicted molar refractivity (Wildman–Crippen MR) is 111 cm³/mol. The fourth-order valence-corrected chi connectivity index (χ4v) is 3.26. The maximum atomic E-state index is 13.1. The summed E-state index contributed by atoms with van der Waals surface area (Å²) >= 11 is 0. The minimum atomic E-state index is -4.60. The van der Waals surface area contributed by atoms with E-state index in [2.05, 4.69) is 4.98 Å². The molecule has 0 saturated heterocycles. The number of anilines is 1. The van der Waals surface area contributed by atoms with Crippen LogP contribution in [0.25, 0.3) is 5.57 Å². The molecular formula is C22H22F3N3O4. The van der Waals surface area contributed by atoms with Gasteiger partial charge in [-0.25, -0.2) is 4.98 Å². The average molecular weight is 449 g/mol. The van der Waals surface area contributed by atoms with E-state index in [4.69, 9.17) is 16.2 Å². The minimum Gasteiger partial charge on any atom is -0.486 e. The lowest BCUT2D eigenvalue weighted by atomic mass is 9.92. The van der Waals surface area contributed by atoms with Gasteiger partial charge >= 0.3 is 6.18 Å². The molecule has 0 fully saturated rings. The molecule has 1 aliphatic carbocycles. The zero-order valence-electron chi connectivity index (χ0n) is 17.0. The number of benzene rings is 1. The molecular weight excluding hydrogens is 427 g/mol. The zero-order chi connectivity index (χ0) is 23.6. The number of aliphatic hydroxyl groups is 2. The number of halogens is 3. The Morgan fingerprint density at radius 3 is 2.59 bits per heavy atom. The Kier molecular flexibility index (Phi) is 6.56. The Bertz CT molecular complexity index is 1080. The summed E-state index contributed by atoms with van der Waals surface area (Å²) in [5, 5.41) is 19.2. The number of amides is 1. The van der Waals surface area contributed by atoms with Crippen LogP contribution in [0.5, 0.6) is 5.75 Å². The minimum absolute atomic E-state index is 0.0204. The number of primary amides is 1. The smallest absolute Gasteiger partial charge is 0.418 e. The molecule has 1 aromatic carbocycles. The molecule has 0 bridgehead atoms. The van der Waals surface area contributed by atoms with Crippen molar-refractivity contribution in [2.45, 2.75) is 25.3 Å². The largest absolute Gasteiger partial charge is 0.486 e. The maximum Gasteiger partial charge on any atom is 0.418 e. The topological polar surface area (TPSA) is 132 Å². The van der Waals surface area contributed by atoms with Crippen LogP contribution >= 0.6 is 0 Å². The SMILES string of the molecule is CC1C=C(c2cc([C@H](O)CO)cc(C(N)=O)n2)C=CC1Oc1ccc(N)c(C(F)(F)F)c1. The number of pyridine rings is 1. The number of nitrogens with zero attached hydrogens (tertiary/aromatic N) is 1. The molecule has 1 amide bonds. The van der Waals surface area contributed by atoms with E-state index >= 15 is 0 Å². The van der Waals surface area contributed by atoms with Gasteiger partial charge in [-0.05, 0) is 47.5 Å². The molecule has 2 aromatic rings. The molecule has 7 nitrogen and oxygen atoms in total. The molecule has 32 heavy (non-hydrogen) atoms. The van der Waals surface area contributed by atoms with Crippen molar-refractivity contribution in [3.8, 4) is 5.75 Å². The average Bonchev–Trinajstić information content (AvgIpc) is 2.74. The number of alkyl halides is 3. The van der Waals surface area contributed by atoms with Gasteiger partial charge in [-0.2, -0.15) is 13.2 Å². The van der Waals surface area contributed by atoms with Crippen molar-refractivity contribution in [3.05, 3.63) is 71.1 Å². The van der Waals surface area contributed by atoms with E-state index in [1.165, 1.54) is 18.2 Å². The Hall–Kier alpha value is -3.37. The molecule has 3 rings (SSSR count). The molecule has 1 heterocycles. The molecule has 0 aliphatic heterocycles. The molecule has 0 saturated carbocycles.